The molecule has 11 rings (SSSR count). The van der Waals surface area contributed by atoms with Gasteiger partial charge in [0, 0.05) is 33.5 Å². The molecule has 0 saturated heterocycles. The van der Waals surface area contributed by atoms with Gasteiger partial charge in [-0.15, -0.1) is 0 Å². The Morgan fingerprint density at radius 1 is 0.259 bits per heavy atom. The summed E-state index contributed by atoms with van der Waals surface area (Å²) in [6.45, 7) is 0. The van der Waals surface area contributed by atoms with Crippen LogP contribution in [-0.4, -0.2) is 4.57 Å². The number of nitrogens with zero attached hydrogens (tertiary/aromatic N) is 2. The van der Waals surface area contributed by atoms with E-state index in [4.69, 9.17) is 0 Å². The monoisotopic (exact) mass is 738 g/mol. The summed E-state index contributed by atoms with van der Waals surface area (Å²) in [5.74, 6) is 0. The van der Waals surface area contributed by atoms with Crippen LogP contribution < -0.4 is 4.90 Å². The molecule has 0 atom stereocenters. The van der Waals surface area contributed by atoms with Gasteiger partial charge in [-0.05, 0) is 134 Å². The van der Waals surface area contributed by atoms with Crippen molar-refractivity contribution < 1.29 is 0 Å². The van der Waals surface area contributed by atoms with Gasteiger partial charge in [-0.2, -0.15) is 0 Å². The highest BCUT2D eigenvalue weighted by Crippen LogP contribution is 2.40. The number of anilines is 3. The molecule has 0 amide bonds. The molecule has 1 heterocycles. The van der Waals surface area contributed by atoms with Crippen LogP contribution in [-0.2, 0) is 0 Å². The van der Waals surface area contributed by atoms with E-state index >= 15 is 0 Å². The summed E-state index contributed by atoms with van der Waals surface area (Å²) in [7, 11) is 0. The maximum absolute atomic E-state index is 2.37. The van der Waals surface area contributed by atoms with E-state index in [2.05, 4.69) is 240 Å². The molecule has 10 aromatic carbocycles. The van der Waals surface area contributed by atoms with Gasteiger partial charge in [-0.25, -0.2) is 0 Å². The van der Waals surface area contributed by atoms with E-state index in [-0.39, 0.29) is 0 Å². The fourth-order valence-corrected chi connectivity index (χ4v) is 8.61. The lowest BCUT2D eigenvalue weighted by Crippen LogP contribution is -2.09. The summed E-state index contributed by atoms with van der Waals surface area (Å²) >= 11 is 0. The molecule has 1 aromatic heterocycles. The maximum Gasteiger partial charge on any atom is 0.0541 e. The van der Waals surface area contributed by atoms with Crippen LogP contribution >= 0.6 is 0 Å². The van der Waals surface area contributed by atoms with Gasteiger partial charge in [0.05, 0.1) is 11.0 Å². The zero-order valence-corrected chi connectivity index (χ0v) is 31.8. The van der Waals surface area contributed by atoms with Crippen LogP contribution in [0.3, 0.4) is 0 Å². The SMILES string of the molecule is c1ccc(-c2ccc(N(c3ccc(-c4ccc5ccccc5c4)cc3)c3ccc4cc(-c5ccc6c(c5)c5ccccc5n6-c5ccccc5)ccc4c3)cc2)cc1. The van der Waals surface area contributed by atoms with Crippen molar-refractivity contribution in [3.05, 3.63) is 231 Å². The average Bonchev–Trinajstić information content (AvgIpc) is 3.63. The smallest absolute Gasteiger partial charge is 0.0541 e. The molecule has 0 aliphatic rings. The lowest BCUT2D eigenvalue weighted by Gasteiger charge is -2.26. The molecule has 2 heteroatoms. The fraction of sp³-hybridized carbons (Fsp3) is 0. The first-order valence-corrected chi connectivity index (χ1v) is 19.9. The molecule has 272 valence electrons. The average molecular weight is 739 g/mol. The van der Waals surface area contributed by atoms with Crippen molar-refractivity contribution in [2.24, 2.45) is 0 Å². The maximum atomic E-state index is 2.37. The van der Waals surface area contributed by atoms with Gasteiger partial charge in [0.2, 0.25) is 0 Å². The van der Waals surface area contributed by atoms with Crippen molar-refractivity contribution >= 4 is 60.4 Å². The minimum atomic E-state index is 1.11. The molecule has 0 aliphatic carbocycles. The summed E-state index contributed by atoms with van der Waals surface area (Å²) in [5, 5.41) is 7.42. The molecular weight excluding hydrogens is 701 g/mol. The lowest BCUT2D eigenvalue weighted by atomic mass is 9.98. The normalized spacial score (nSPS) is 11.4. The predicted molar refractivity (Wildman–Crippen MR) is 247 cm³/mol. The molecule has 58 heavy (non-hydrogen) atoms. The van der Waals surface area contributed by atoms with E-state index in [0.29, 0.717) is 0 Å². The summed E-state index contributed by atoms with van der Waals surface area (Å²) in [4.78, 5) is 2.36. The molecule has 11 aromatic rings. The summed E-state index contributed by atoms with van der Waals surface area (Å²) in [6.07, 6.45) is 0. The zero-order valence-electron chi connectivity index (χ0n) is 31.8. The Bertz CT molecular complexity index is 3250. The van der Waals surface area contributed by atoms with Crippen LogP contribution in [0.2, 0.25) is 0 Å². The minimum Gasteiger partial charge on any atom is -0.310 e. The Kier molecular flexibility index (Phi) is 8.19. The van der Waals surface area contributed by atoms with Crippen LogP contribution in [0.1, 0.15) is 0 Å². The van der Waals surface area contributed by atoms with E-state index in [0.717, 1.165) is 17.1 Å². The molecule has 0 N–H and O–H groups in total. The molecule has 0 radical (unpaired) electrons. The molecule has 0 saturated carbocycles. The topological polar surface area (TPSA) is 8.17 Å². The van der Waals surface area contributed by atoms with Gasteiger partial charge >= 0.3 is 0 Å². The molecular formula is C56H38N2. The van der Waals surface area contributed by atoms with Gasteiger partial charge in [0.1, 0.15) is 0 Å². The molecule has 0 aliphatic heterocycles. The number of benzene rings is 10. The van der Waals surface area contributed by atoms with Gasteiger partial charge < -0.3 is 9.47 Å². The van der Waals surface area contributed by atoms with Crippen LogP contribution in [0.15, 0.2) is 231 Å². The largest absolute Gasteiger partial charge is 0.310 e. The first-order chi connectivity index (χ1) is 28.7. The van der Waals surface area contributed by atoms with E-state index in [1.807, 2.05) is 0 Å². The fourth-order valence-electron chi connectivity index (χ4n) is 8.61. The second kappa shape index (κ2) is 14.1. The highest BCUT2D eigenvalue weighted by atomic mass is 15.1. The van der Waals surface area contributed by atoms with Gasteiger partial charge in [-0.1, -0.05) is 152 Å². The first-order valence-electron chi connectivity index (χ1n) is 19.9. The van der Waals surface area contributed by atoms with E-state index in [1.54, 1.807) is 0 Å². The first kappa shape index (κ1) is 33.6. The van der Waals surface area contributed by atoms with E-state index in [9.17, 15) is 0 Å². The van der Waals surface area contributed by atoms with Crippen LogP contribution in [0, 0.1) is 0 Å². The minimum absolute atomic E-state index is 1.11. The predicted octanol–water partition coefficient (Wildman–Crippen LogP) is 15.6. The van der Waals surface area contributed by atoms with E-state index < -0.39 is 0 Å². The molecule has 0 spiro atoms. The summed E-state index contributed by atoms with van der Waals surface area (Å²) in [6, 6.07) is 83.7. The van der Waals surface area contributed by atoms with Crippen molar-refractivity contribution in [3.8, 4) is 39.1 Å². The number of rotatable bonds is 7. The quantitative estimate of drug-likeness (QED) is 0.158. The standard InChI is InChI=1S/C56H38N2/c1-3-11-39(12-4-1)41-23-29-50(30-24-41)57(51-31-25-42(26-32-51)44-20-19-40-13-7-8-14-43(40)35-44)52-33-27-46-36-45(21-22-47(46)37-52)48-28-34-56-54(38-48)53-17-9-10-18-55(53)58(56)49-15-5-2-6-16-49/h1-38H. The van der Waals surface area contributed by atoms with Crippen molar-refractivity contribution in [2.45, 2.75) is 0 Å². The number of hydrogen-bond donors (Lipinski definition) is 0. The summed E-state index contributed by atoms with van der Waals surface area (Å²) in [5.41, 5.74) is 14.2. The van der Waals surface area contributed by atoms with Crippen LogP contribution in [0.4, 0.5) is 17.1 Å². The second-order valence-electron chi connectivity index (χ2n) is 15.0. The Morgan fingerprint density at radius 3 is 1.45 bits per heavy atom. The molecule has 0 fully saturated rings. The van der Waals surface area contributed by atoms with Crippen molar-refractivity contribution in [1.82, 2.24) is 4.57 Å². The number of para-hydroxylation sites is 2. The van der Waals surface area contributed by atoms with Crippen LogP contribution in [0.5, 0.6) is 0 Å². The third-order valence-corrected chi connectivity index (χ3v) is 11.5. The van der Waals surface area contributed by atoms with Gasteiger partial charge in [0.15, 0.2) is 0 Å². The highest BCUT2D eigenvalue weighted by Gasteiger charge is 2.16. The number of hydrogen-bond acceptors (Lipinski definition) is 1. The zero-order chi connectivity index (χ0) is 38.4. The summed E-state index contributed by atoms with van der Waals surface area (Å²) < 4.78 is 2.37. The third-order valence-electron chi connectivity index (χ3n) is 11.5. The third kappa shape index (κ3) is 6.00. The highest BCUT2D eigenvalue weighted by molar-refractivity contribution is 6.10. The number of fused-ring (bicyclic) bond motifs is 5. The molecule has 2 nitrogen and oxygen atoms in total. The number of aromatic nitrogens is 1. The van der Waals surface area contributed by atoms with Crippen LogP contribution in [0.25, 0.3) is 82.4 Å². The Balaban J connectivity index is 0.971. The van der Waals surface area contributed by atoms with E-state index in [1.165, 1.54) is 82.4 Å². The second-order valence-corrected chi connectivity index (χ2v) is 15.0. The van der Waals surface area contributed by atoms with Crippen molar-refractivity contribution in [1.29, 1.82) is 0 Å². The van der Waals surface area contributed by atoms with Crippen molar-refractivity contribution in [2.75, 3.05) is 4.90 Å². The lowest BCUT2D eigenvalue weighted by molar-refractivity contribution is 1.18. The van der Waals surface area contributed by atoms with Gasteiger partial charge in [-0.3, -0.25) is 0 Å². The Labute approximate surface area is 338 Å². The molecule has 0 unspecified atom stereocenters. The Hall–Kier alpha value is -7.68. The van der Waals surface area contributed by atoms with Crippen molar-refractivity contribution in [3.63, 3.8) is 0 Å². The Morgan fingerprint density at radius 2 is 0.707 bits per heavy atom. The van der Waals surface area contributed by atoms with Gasteiger partial charge in [0.25, 0.3) is 0 Å². The molecule has 0 bridgehead atoms.